The molecule has 3 aromatic heterocycles. The highest BCUT2D eigenvalue weighted by molar-refractivity contribution is 6.14. The number of hydrogen-bond acceptors (Lipinski definition) is 8. The number of rotatable bonds is 7. The Morgan fingerprint density at radius 2 is 1.80 bits per heavy atom. The standard InChI is InChI=1S/C32H40N10O3/c1-7-42(31(44)45-32(2,3)4)23-10-12-41(13-11-23)26-9-8-24(29-25(26)18-40(6)38-29)30(43)35-22-14-20(16-27-33-19-34-36-27)28-21(15-22)17-39(5)37-28/h8-9,14-15,17-19,23H,7,10-13,16H2,1-6H3,(H,35,43)(H,33,34,36). The van der Waals surface area contributed by atoms with Crippen molar-refractivity contribution in [2.75, 3.05) is 29.9 Å². The monoisotopic (exact) mass is 612 g/mol. The van der Waals surface area contributed by atoms with E-state index in [1.165, 1.54) is 0 Å². The molecule has 0 unspecified atom stereocenters. The highest BCUT2D eigenvalue weighted by atomic mass is 16.6. The highest BCUT2D eigenvalue weighted by Crippen LogP contribution is 2.33. The van der Waals surface area contributed by atoms with Gasteiger partial charge < -0.3 is 24.8 Å². The lowest BCUT2D eigenvalue weighted by Crippen LogP contribution is -2.48. The van der Waals surface area contributed by atoms with E-state index in [1.54, 1.807) is 15.7 Å². The molecule has 2 amide bonds. The predicted octanol–water partition coefficient (Wildman–Crippen LogP) is 4.65. The van der Waals surface area contributed by atoms with Crippen LogP contribution < -0.4 is 10.2 Å². The molecule has 0 bridgehead atoms. The van der Waals surface area contributed by atoms with E-state index in [1.807, 2.05) is 83.3 Å². The molecule has 1 aliphatic rings. The van der Waals surface area contributed by atoms with Gasteiger partial charge in [-0.1, -0.05) is 0 Å². The molecule has 13 heteroatoms. The number of piperidine rings is 1. The summed E-state index contributed by atoms with van der Waals surface area (Å²) >= 11 is 0. The van der Waals surface area contributed by atoms with Crippen LogP contribution in [0, 0.1) is 0 Å². The van der Waals surface area contributed by atoms with Crippen molar-refractivity contribution in [3.63, 3.8) is 0 Å². The van der Waals surface area contributed by atoms with Crippen molar-refractivity contribution in [3.05, 3.63) is 59.9 Å². The number of benzene rings is 2. The van der Waals surface area contributed by atoms with Crippen LogP contribution in [0.3, 0.4) is 0 Å². The van der Waals surface area contributed by atoms with Gasteiger partial charge in [0.1, 0.15) is 23.3 Å². The number of carbonyl (C=O) groups is 2. The number of H-pyrrole nitrogens is 1. The SMILES string of the molecule is CCN(C(=O)OC(C)(C)C)C1CCN(c2ccc(C(=O)Nc3cc(Cc4nnc[nH]4)c4nn(C)cc4c3)c3nn(C)cc23)CC1. The maximum atomic E-state index is 13.7. The van der Waals surface area contributed by atoms with E-state index in [-0.39, 0.29) is 18.0 Å². The fraction of sp³-hybridized carbons (Fsp3) is 0.438. The molecule has 0 aliphatic carbocycles. The summed E-state index contributed by atoms with van der Waals surface area (Å²) in [6.45, 7) is 9.82. The lowest BCUT2D eigenvalue weighted by Gasteiger charge is -2.39. The smallest absolute Gasteiger partial charge is 0.410 e. The van der Waals surface area contributed by atoms with Crippen LogP contribution in [0.5, 0.6) is 0 Å². The number of aromatic amines is 1. The van der Waals surface area contributed by atoms with Crippen LogP contribution in [-0.2, 0) is 25.3 Å². The van der Waals surface area contributed by atoms with Gasteiger partial charge in [0.2, 0.25) is 0 Å². The Bertz CT molecular complexity index is 1840. The zero-order valence-electron chi connectivity index (χ0n) is 26.7. The lowest BCUT2D eigenvalue weighted by molar-refractivity contribution is 0.0149. The first-order valence-corrected chi connectivity index (χ1v) is 15.3. The van der Waals surface area contributed by atoms with E-state index in [0.717, 1.165) is 53.5 Å². The minimum atomic E-state index is -0.531. The van der Waals surface area contributed by atoms with E-state index >= 15 is 0 Å². The number of hydrogen-bond donors (Lipinski definition) is 2. The molecule has 45 heavy (non-hydrogen) atoms. The van der Waals surface area contributed by atoms with E-state index in [2.05, 4.69) is 30.5 Å². The molecule has 5 aromatic rings. The molecule has 1 saturated heterocycles. The molecule has 0 saturated carbocycles. The van der Waals surface area contributed by atoms with Crippen LogP contribution >= 0.6 is 0 Å². The first-order valence-electron chi connectivity index (χ1n) is 15.3. The molecule has 0 atom stereocenters. The van der Waals surface area contributed by atoms with Gasteiger partial charge in [-0.3, -0.25) is 14.2 Å². The second kappa shape index (κ2) is 11.9. The zero-order valence-corrected chi connectivity index (χ0v) is 26.7. The highest BCUT2D eigenvalue weighted by Gasteiger charge is 2.31. The Morgan fingerprint density at radius 1 is 1.07 bits per heavy atom. The van der Waals surface area contributed by atoms with Gasteiger partial charge in [-0.15, -0.1) is 10.2 Å². The van der Waals surface area contributed by atoms with Crippen LogP contribution in [0.4, 0.5) is 16.2 Å². The maximum Gasteiger partial charge on any atom is 0.410 e. The third-order valence-corrected chi connectivity index (χ3v) is 8.11. The van der Waals surface area contributed by atoms with Crippen molar-refractivity contribution in [1.82, 2.24) is 39.6 Å². The third kappa shape index (κ3) is 6.33. The molecule has 236 valence electrons. The van der Waals surface area contributed by atoms with Crippen LogP contribution in [0.25, 0.3) is 21.8 Å². The van der Waals surface area contributed by atoms with Gasteiger partial charge in [0.05, 0.1) is 11.1 Å². The first kappa shape index (κ1) is 30.1. The number of nitrogens with one attached hydrogen (secondary N) is 2. The maximum absolute atomic E-state index is 13.7. The average Bonchev–Trinajstić information content (AvgIpc) is 3.72. The fourth-order valence-corrected chi connectivity index (χ4v) is 6.17. The van der Waals surface area contributed by atoms with Crippen LogP contribution in [-0.4, -0.2) is 82.9 Å². The first-order chi connectivity index (χ1) is 21.5. The van der Waals surface area contributed by atoms with Gasteiger partial charge in [0, 0.05) is 80.7 Å². The number of amides is 2. The Kier molecular flexibility index (Phi) is 7.94. The van der Waals surface area contributed by atoms with E-state index in [9.17, 15) is 9.59 Å². The van der Waals surface area contributed by atoms with Crippen LogP contribution in [0.1, 0.15) is 62.3 Å². The van der Waals surface area contributed by atoms with E-state index in [0.29, 0.717) is 35.6 Å². The van der Waals surface area contributed by atoms with Crippen LogP contribution in [0.2, 0.25) is 0 Å². The molecule has 0 spiro atoms. The van der Waals surface area contributed by atoms with Gasteiger partial charge in [-0.25, -0.2) is 4.79 Å². The zero-order chi connectivity index (χ0) is 31.9. The Hall–Kier alpha value is -4.94. The van der Waals surface area contributed by atoms with Gasteiger partial charge in [-0.2, -0.15) is 10.2 Å². The topological polar surface area (TPSA) is 139 Å². The second-order valence-electron chi connectivity index (χ2n) is 12.6. The van der Waals surface area contributed by atoms with Crippen molar-refractivity contribution < 1.29 is 14.3 Å². The van der Waals surface area contributed by atoms with Gasteiger partial charge in [0.25, 0.3) is 5.91 Å². The number of fused-ring (bicyclic) bond motifs is 2. The summed E-state index contributed by atoms with van der Waals surface area (Å²) in [5.74, 6) is 0.473. The average molecular weight is 613 g/mol. The summed E-state index contributed by atoms with van der Waals surface area (Å²) in [4.78, 5) is 33.8. The number of aromatic nitrogens is 7. The molecule has 2 N–H and O–H groups in total. The molecule has 1 aliphatic heterocycles. The number of carbonyl (C=O) groups excluding carboxylic acids is 2. The van der Waals surface area contributed by atoms with Crippen molar-refractivity contribution in [3.8, 4) is 0 Å². The Labute approximate surface area is 261 Å². The number of anilines is 2. The molecule has 2 aromatic carbocycles. The van der Waals surface area contributed by atoms with Crippen molar-refractivity contribution in [2.24, 2.45) is 14.1 Å². The molecular weight excluding hydrogens is 572 g/mol. The molecule has 13 nitrogen and oxygen atoms in total. The summed E-state index contributed by atoms with van der Waals surface area (Å²) < 4.78 is 9.17. The minimum Gasteiger partial charge on any atom is -0.444 e. The quantitative estimate of drug-likeness (QED) is 0.271. The summed E-state index contributed by atoms with van der Waals surface area (Å²) in [5.41, 5.74) is 4.07. The predicted molar refractivity (Wildman–Crippen MR) is 172 cm³/mol. The summed E-state index contributed by atoms with van der Waals surface area (Å²) in [6.07, 6.45) is 7.32. The Balaban J connectivity index is 1.22. The van der Waals surface area contributed by atoms with Crippen molar-refractivity contribution >= 4 is 45.2 Å². The molecule has 0 radical (unpaired) electrons. The number of aryl methyl sites for hydroxylation is 2. The van der Waals surface area contributed by atoms with Crippen molar-refractivity contribution in [2.45, 2.75) is 58.6 Å². The van der Waals surface area contributed by atoms with Gasteiger partial charge in [-0.05, 0) is 70.4 Å². The molecule has 6 rings (SSSR count). The van der Waals surface area contributed by atoms with Crippen LogP contribution in [0.15, 0.2) is 43.0 Å². The largest absolute Gasteiger partial charge is 0.444 e. The Morgan fingerprint density at radius 3 is 2.49 bits per heavy atom. The van der Waals surface area contributed by atoms with Gasteiger partial charge >= 0.3 is 6.09 Å². The number of ether oxygens (including phenoxy) is 1. The normalized spacial score (nSPS) is 14.3. The summed E-state index contributed by atoms with van der Waals surface area (Å²) in [6, 6.07) is 7.82. The number of nitrogens with zero attached hydrogens (tertiary/aromatic N) is 8. The summed E-state index contributed by atoms with van der Waals surface area (Å²) in [7, 11) is 3.74. The molecular formula is C32H40N10O3. The second-order valence-corrected chi connectivity index (χ2v) is 12.6. The lowest BCUT2D eigenvalue weighted by atomic mass is 10.0. The molecule has 1 fully saturated rings. The molecule has 4 heterocycles. The van der Waals surface area contributed by atoms with Gasteiger partial charge in [0.15, 0.2) is 0 Å². The van der Waals surface area contributed by atoms with Crippen molar-refractivity contribution in [1.29, 1.82) is 0 Å². The summed E-state index contributed by atoms with van der Waals surface area (Å²) in [5, 5.41) is 22.2. The van der Waals surface area contributed by atoms with E-state index in [4.69, 9.17) is 9.84 Å². The third-order valence-electron chi connectivity index (χ3n) is 8.11. The fourth-order valence-electron chi connectivity index (χ4n) is 6.17. The van der Waals surface area contributed by atoms with E-state index < -0.39 is 5.60 Å². The minimum absolute atomic E-state index is 0.113.